The van der Waals surface area contributed by atoms with E-state index < -0.39 is 76.9 Å². The number of fused-ring (bicyclic) bond motifs is 4. The van der Waals surface area contributed by atoms with E-state index in [9.17, 15) is 53.5 Å². The first-order valence-corrected chi connectivity index (χ1v) is 46.6. The fourth-order valence-corrected chi connectivity index (χ4v) is 16.6. The second kappa shape index (κ2) is 49.4. The van der Waals surface area contributed by atoms with Gasteiger partial charge in [-0.1, -0.05) is 83.9 Å². The van der Waals surface area contributed by atoms with E-state index in [2.05, 4.69) is 223 Å². The number of amides is 2. The Labute approximate surface area is 835 Å². The van der Waals surface area contributed by atoms with E-state index in [1.54, 1.807) is 12.1 Å². The maximum atomic E-state index is 13.6. The standard InChI is InChI=1S/C32H31F5N8O.C27H27BF5N3O3.C11H14ClIN4.C11H16IN5.C5H2ClIN4.C5H13NO/c1-44(2)10-3-11-45-17-24(27-28(38)42-18-43-30(27)45)21-7-4-19(5-8-21)14-39-29-23(13-22(16-40-29)32(35,36)37)31(46)41-15-20-6-9-25(33)26(34)12-20;1-25(2)26(3,4)39-28(38-25)19-8-5-16(6-9-19)13-34-23-20(12-18(15-35-23)27(31,32)33)24(37)36-14-17-7-10-21(29)22(30)11-17;1-16(2)4-3-5-17-6-8(13)9-10(12)14-7-15-11(9)17;1-16(2)4-3-5-17-6-8(12)9-10(13)14-7-15-11(9)17;6-3-2-4(7)10-11-5(2)9-1-8-3;1-6(2)4-3-5-7/h4-9,12-13,16-18H,3,10-11,14-15H2,1-2H3,(H,39,40)(H,41,46)(H2,38,42,43);5-12,15H,13-14H2,1-4H3,(H,34,35)(H,36,37);6-7H,3-5H2,1-2H3;6-7H,3-5H2,1-2H3,(H2,13,14,15);1H,(H,8,9,10,11);7H,3-5H2,1-2H3. The van der Waals surface area contributed by atoms with Crippen molar-refractivity contribution in [1.82, 2.24) is 104 Å². The van der Waals surface area contributed by atoms with E-state index >= 15 is 0 Å². The number of aromatic nitrogens is 15. The first kappa shape index (κ1) is 109. The molecule has 0 unspecified atom stereocenters. The lowest BCUT2D eigenvalue weighted by molar-refractivity contribution is -0.138. The maximum Gasteiger partial charge on any atom is 0.494 e. The first-order chi connectivity index (χ1) is 64.8. The number of carbonyl (C=O) groups excluding carboxylic acids is 2. The van der Waals surface area contributed by atoms with Crippen molar-refractivity contribution >= 4 is 183 Å². The van der Waals surface area contributed by atoms with Crippen LogP contribution in [0.3, 0.4) is 0 Å². The number of nitrogens with two attached hydrogens (primary N) is 2. The molecule has 14 aromatic rings. The Morgan fingerprint density at radius 1 is 0.482 bits per heavy atom. The van der Waals surface area contributed by atoms with Crippen LogP contribution in [-0.2, 0) is 67.5 Å². The highest BCUT2D eigenvalue weighted by Crippen LogP contribution is 2.39. The third kappa shape index (κ3) is 30.3. The summed E-state index contributed by atoms with van der Waals surface area (Å²) in [6.45, 7) is 14.6. The molecule has 137 heavy (non-hydrogen) atoms. The van der Waals surface area contributed by atoms with Gasteiger partial charge in [0.2, 0.25) is 0 Å². The van der Waals surface area contributed by atoms with Crippen LogP contribution in [-0.4, -0.2) is 218 Å². The molecule has 1 saturated heterocycles. The number of aromatic amines is 1. The van der Waals surface area contributed by atoms with Crippen molar-refractivity contribution in [3.05, 3.63) is 242 Å². The van der Waals surface area contributed by atoms with Crippen molar-refractivity contribution in [2.45, 2.75) is 123 Å². The first-order valence-electron chi connectivity index (χ1n) is 42.6. The number of aliphatic hydroxyl groups is 1. The van der Waals surface area contributed by atoms with Gasteiger partial charge in [0, 0.05) is 96.1 Å². The molecule has 10 aromatic heterocycles. The van der Waals surface area contributed by atoms with Gasteiger partial charge in [0.1, 0.15) is 79.5 Å². The highest BCUT2D eigenvalue weighted by Gasteiger charge is 2.52. The Balaban J connectivity index is 0.000000188. The number of benzene rings is 4. The summed E-state index contributed by atoms with van der Waals surface area (Å²) in [4.78, 5) is 75.1. The Hall–Kier alpha value is -10.4. The topological polar surface area (TPSA) is 358 Å². The van der Waals surface area contributed by atoms with Crippen molar-refractivity contribution in [2.24, 2.45) is 0 Å². The number of rotatable bonds is 29. The van der Waals surface area contributed by atoms with E-state index in [4.69, 9.17) is 49.1 Å². The third-order valence-corrected chi connectivity index (χ3v) is 24.4. The third-order valence-electron chi connectivity index (χ3n) is 21.4. The lowest BCUT2D eigenvalue weighted by Crippen LogP contribution is -2.41. The Bertz CT molecular complexity index is 6310. The maximum absolute atomic E-state index is 13.6. The van der Waals surface area contributed by atoms with Gasteiger partial charge < -0.3 is 80.5 Å². The van der Waals surface area contributed by atoms with Gasteiger partial charge in [0.05, 0.1) is 55.0 Å². The van der Waals surface area contributed by atoms with Gasteiger partial charge >= 0.3 is 19.5 Å². The lowest BCUT2D eigenvalue weighted by atomic mass is 9.79. The molecule has 15 rings (SSSR count). The number of aliphatic hydroxyl groups excluding tert-OH is 1. The number of alkyl halides is 6. The van der Waals surface area contributed by atoms with Gasteiger partial charge in [-0.25, -0.2) is 67.4 Å². The zero-order valence-electron chi connectivity index (χ0n) is 76.8. The minimum Gasteiger partial charge on any atom is -0.399 e. The SMILES string of the molecule is CC1(C)OB(c2ccc(CNc3ncc(C(F)(F)F)cc3C(=O)NCc3ccc(F)c(F)c3)cc2)OC1(C)C.CN(C)CCCO.CN(C)CCCn1cc(-c2ccc(CNc3ncc(C(F)(F)F)cc3C(=O)NCc3ccc(F)c(F)c3)cc2)c2c(N)ncnc21.CN(C)CCCn1cc(I)c2c(Cl)ncnc21.CN(C)CCCn1cc(I)c2c(N)ncnc21.Clc1ncnc2n[nH]c(I)c12. The number of nitrogen functional groups attached to an aromatic ring is 2. The largest absolute Gasteiger partial charge is 0.494 e. The number of carbonyl (C=O) groups is 2. The van der Waals surface area contributed by atoms with E-state index in [1.807, 2.05) is 98.5 Å². The molecule has 0 atom stereocenters. The normalized spacial score (nSPS) is 12.8. The summed E-state index contributed by atoms with van der Waals surface area (Å²) < 4.78 is 155. The highest BCUT2D eigenvalue weighted by molar-refractivity contribution is 14.1. The summed E-state index contributed by atoms with van der Waals surface area (Å²) in [6, 6.07) is 22.2. The summed E-state index contributed by atoms with van der Waals surface area (Å²) >= 11 is 18.5. The van der Waals surface area contributed by atoms with E-state index in [0.29, 0.717) is 58.7 Å². The highest BCUT2D eigenvalue weighted by atomic mass is 127. The minimum absolute atomic E-state index is 0.0687. The molecular formula is C91H103BCl2F10I3N25O5. The predicted molar refractivity (Wildman–Crippen MR) is 537 cm³/mol. The number of nitrogens with one attached hydrogen (secondary N) is 5. The summed E-state index contributed by atoms with van der Waals surface area (Å²) in [7, 11) is 15.8. The van der Waals surface area contributed by atoms with Crippen LogP contribution in [0.15, 0.2) is 153 Å². The fraction of sp³-hybridized carbons (Fsp3) is 0.352. The van der Waals surface area contributed by atoms with Crippen LogP contribution in [0.2, 0.25) is 10.3 Å². The van der Waals surface area contributed by atoms with E-state index in [1.165, 1.54) is 37.4 Å². The van der Waals surface area contributed by atoms with Gasteiger partial charge in [-0.05, 0) is 273 Å². The number of hydrogen-bond donors (Lipinski definition) is 8. The summed E-state index contributed by atoms with van der Waals surface area (Å²) in [5.41, 5.74) is 15.9. The zero-order chi connectivity index (χ0) is 100.0. The number of H-pyrrole nitrogens is 1. The minimum atomic E-state index is -4.74. The molecule has 0 spiro atoms. The van der Waals surface area contributed by atoms with Crippen molar-refractivity contribution < 1.29 is 67.9 Å². The average Bonchev–Trinajstić information content (AvgIpc) is 1.64. The van der Waals surface area contributed by atoms with Crippen LogP contribution in [0.4, 0.5) is 67.2 Å². The van der Waals surface area contributed by atoms with E-state index in [-0.39, 0.29) is 60.1 Å². The van der Waals surface area contributed by atoms with E-state index in [0.717, 1.165) is 173 Å². The van der Waals surface area contributed by atoms with Gasteiger partial charge in [-0.2, -0.15) is 31.4 Å². The zero-order valence-corrected chi connectivity index (χ0v) is 84.8. The average molecular weight is 2280 g/mol. The van der Waals surface area contributed by atoms with Crippen molar-refractivity contribution in [3.63, 3.8) is 0 Å². The summed E-state index contributed by atoms with van der Waals surface area (Å²) in [5, 5.41) is 30.1. The molecule has 730 valence electrons. The molecule has 0 radical (unpaired) electrons. The number of anilines is 4. The number of pyridine rings is 2. The molecule has 0 saturated carbocycles. The smallest absolute Gasteiger partial charge is 0.399 e. The molecule has 10 N–H and O–H groups in total. The number of halogens is 15. The molecule has 0 aliphatic carbocycles. The fourth-order valence-electron chi connectivity index (χ4n) is 13.5. The second-order valence-corrected chi connectivity index (χ2v) is 37.6. The van der Waals surface area contributed by atoms with Crippen LogP contribution in [0, 0.1) is 34.1 Å². The predicted octanol–water partition coefficient (Wildman–Crippen LogP) is 16.8. The lowest BCUT2D eigenvalue weighted by Gasteiger charge is -2.32. The van der Waals surface area contributed by atoms with Gasteiger partial charge in [0.25, 0.3) is 11.8 Å². The van der Waals surface area contributed by atoms with Crippen molar-refractivity contribution in [3.8, 4) is 11.1 Å². The molecule has 46 heteroatoms. The molecule has 1 aliphatic heterocycles. The van der Waals surface area contributed by atoms with Crippen LogP contribution in [0.25, 0.3) is 55.3 Å². The molecule has 4 aromatic carbocycles. The monoisotopic (exact) mass is 2280 g/mol. The Morgan fingerprint density at radius 2 is 0.869 bits per heavy atom. The van der Waals surface area contributed by atoms with Gasteiger partial charge in [-0.3, -0.25) is 14.7 Å². The van der Waals surface area contributed by atoms with Crippen LogP contribution in [0.5, 0.6) is 0 Å². The number of hydrogen-bond acceptors (Lipinski definition) is 24. The molecular weight excluding hydrogens is 2180 g/mol. The molecule has 2 amide bonds. The van der Waals surface area contributed by atoms with Gasteiger partial charge in [0.15, 0.2) is 28.9 Å². The molecule has 1 fully saturated rings. The number of nitrogens with zero attached hydrogens (tertiary/aromatic N) is 18. The molecule has 1 aliphatic rings. The summed E-state index contributed by atoms with van der Waals surface area (Å²) in [5.74, 6) is -5.28. The quantitative estimate of drug-likeness (QED) is 0.00934. The Kier molecular flexibility index (Phi) is 39.2. The van der Waals surface area contributed by atoms with Crippen LogP contribution >= 0.6 is 91.0 Å². The van der Waals surface area contributed by atoms with Crippen LogP contribution in [0.1, 0.15) is 107 Å². The molecule has 11 heterocycles. The Morgan fingerprint density at radius 3 is 1.29 bits per heavy atom. The summed E-state index contributed by atoms with van der Waals surface area (Å²) in [6.07, 6.45) is 7.83. The van der Waals surface area contributed by atoms with Crippen LogP contribution < -0.4 is 38.2 Å². The van der Waals surface area contributed by atoms with Crippen molar-refractivity contribution in [1.29, 1.82) is 0 Å². The van der Waals surface area contributed by atoms with Crippen molar-refractivity contribution in [2.75, 3.05) is 111 Å². The second-order valence-electron chi connectivity index (χ2n) is 33.4. The molecule has 0 bridgehead atoms. The molecule has 30 nitrogen and oxygen atoms in total. The number of aryl methyl sites for hydroxylation is 3. The van der Waals surface area contributed by atoms with Gasteiger partial charge in [-0.15, -0.1) is 0 Å².